The SMILES string of the molecule is CN1C(=O)C(NC(=O)O)CCn2nc(C3CO3)cc21. The molecule has 0 spiro atoms. The Morgan fingerprint density at radius 2 is 2.37 bits per heavy atom. The van der Waals surface area contributed by atoms with Gasteiger partial charge in [-0.05, 0) is 6.42 Å². The molecule has 0 aliphatic carbocycles. The number of carboxylic acid groups (broad SMARTS) is 1. The number of aryl methyl sites for hydroxylation is 1. The molecule has 1 saturated heterocycles. The molecule has 3 rings (SSSR count). The topological polar surface area (TPSA) is 100.0 Å². The van der Waals surface area contributed by atoms with Gasteiger partial charge in [-0.3, -0.25) is 9.69 Å². The second-order valence-electron chi connectivity index (χ2n) is 4.66. The molecule has 8 nitrogen and oxygen atoms in total. The largest absolute Gasteiger partial charge is 0.465 e. The van der Waals surface area contributed by atoms with E-state index in [1.54, 1.807) is 11.7 Å². The monoisotopic (exact) mass is 266 g/mol. The smallest absolute Gasteiger partial charge is 0.405 e. The molecule has 0 saturated carbocycles. The maximum atomic E-state index is 12.2. The van der Waals surface area contributed by atoms with Gasteiger partial charge in [-0.15, -0.1) is 0 Å². The fraction of sp³-hybridized carbons (Fsp3) is 0.545. The van der Waals surface area contributed by atoms with E-state index in [0.29, 0.717) is 25.4 Å². The first-order chi connectivity index (χ1) is 9.06. The van der Waals surface area contributed by atoms with Crippen molar-refractivity contribution in [3.8, 4) is 0 Å². The van der Waals surface area contributed by atoms with Gasteiger partial charge < -0.3 is 15.2 Å². The van der Waals surface area contributed by atoms with Crippen LogP contribution in [0.4, 0.5) is 10.6 Å². The molecular formula is C11H14N4O4. The number of fused-ring (bicyclic) bond motifs is 1. The number of nitrogens with zero attached hydrogens (tertiary/aromatic N) is 3. The van der Waals surface area contributed by atoms with Crippen LogP contribution >= 0.6 is 0 Å². The molecule has 1 aromatic rings. The third-order valence-electron chi connectivity index (χ3n) is 3.34. The average molecular weight is 266 g/mol. The Bertz CT molecular complexity index is 537. The van der Waals surface area contributed by atoms with E-state index in [4.69, 9.17) is 9.84 Å². The van der Waals surface area contributed by atoms with Crippen LogP contribution in [0.2, 0.25) is 0 Å². The highest BCUT2D eigenvalue weighted by atomic mass is 16.6. The number of epoxide rings is 1. The van der Waals surface area contributed by atoms with E-state index in [1.165, 1.54) is 4.90 Å². The van der Waals surface area contributed by atoms with Crippen molar-refractivity contribution in [2.24, 2.45) is 0 Å². The summed E-state index contributed by atoms with van der Waals surface area (Å²) in [5.41, 5.74) is 0.819. The lowest BCUT2D eigenvalue weighted by molar-refractivity contribution is -0.120. The first kappa shape index (κ1) is 12.0. The first-order valence-electron chi connectivity index (χ1n) is 6.02. The Balaban J connectivity index is 1.86. The number of ether oxygens (including phenoxy) is 1. The van der Waals surface area contributed by atoms with E-state index < -0.39 is 12.1 Å². The lowest BCUT2D eigenvalue weighted by atomic mass is 10.2. The first-order valence-corrected chi connectivity index (χ1v) is 6.02. The maximum Gasteiger partial charge on any atom is 0.405 e. The Kier molecular flexibility index (Phi) is 2.67. The number of carbonyl (C=O) groups is 2. The molecule has 0 radical (unpaired) electrons. The van der Waals surface area contributed by atoms with Crippen LogP contribution in [-0.4, -0.2) is 46.6 Å². The molecule has 2 unspecified atom stereocenters. The zero-order valence-electron chi connectivity index (χ0n) is 10.4. The van der Waals surface area contributed by atoms with Gasteiger partial charge in [0.2, 0.25) is 0 Å². The zero-order valence-corrected chi connectivity index (χ0v) is 10.4. The van der Waals surface area contributed by atoms with Crippen molar-refractivity contribution in [2.45, 2.75) is 25.1 Å². The normalized spacial score (nSPS) is 25.7. The van der Waals surface area contributed by atoms with E-state index in [0.717, 1.165) is 5.69 Å². The Hall–Kier alpha value is -2.09. The van der Waals surface area contributed by atoms with Crippen molar-refractivity contribution >= 4 is 17.8 Å². The molecule has 8 heteroatoms. The average Bonchev–Trinajstić information content (AvgIpc) is 3.13. The van der Waals surface area contributed by atoms with Crippen LogP contribution in [0.5, 0.6) is 0 Å². The van der Waals surface area contributed by atoms with Crippen molar-refractivity contribution in [1.82, 2.24) is 15.1 Å². The number of aromatic nitrogens is 2. The number of likely N-dealkylation sites (N-methyl/N-ethyl adjacent to an activating group) is 1. The molecule has 2 atom stereocenters. The Labute approximate surface area is 108 Å². The van der Waals surface area contributed by atoms with Gasteiger partial charge in [-0.25, -0.2) is 9.48 Å². The lowest BCUT2D eigenvalue weighted by Crippen LogP contribution is -2.46. The number of nitrogens with one attached hydrogen (secondary N) is 1. The summed E-state index contributed by atoms with van der Waals surface area (Å²) in [6, 6.07) is 1.09. The second kappa shape index (κ2) is 4.23. The fourth-order valence-corrected chi connectivity index (χ4v) is 2.24. The summed E-state index contributed by atoms with van der Waals surface area (Å²) in [5.74, 6) is 0.398. The number of amides is 2. The molecule has 1 fully saturated rings. The maximum absolute atomic E-state index is 12.2. The minimum Gasteiger partial charge on any atom is -0.465 e. The van der Waals surface area contributed by atoms with E-state index in [1.807, 2.05) is 6.07 Å². The number of hydrogen-bond acceptors (Lipinski definition) is 4. The molecule has 102 valence electrons. The van der Waals surface area contributed by atoms with Gasteiger partial charge in [0.05, 0.1) is 12.3 Å². The number of rotatable bonds is 2. The molecule has 3 heterocycles. The van der Waals surface area contributed by atoms with Gasteiger partial charge in [-0.2, -0.15) is 5.10 Å². The summed E-state index contributed by atoms with van der Waals surface area (Å²) in [6.45, 7) is 1.15. The van der Waals surface area contributed by atoms with Crippen molar-refractivity contribution in [3.05, 3.63) is 11.8 Å². The summed E-state index contributed by atoms with van der Waals surface area (Å²) in [5, 5.41) is 15.4. The van der Waals surface area contributed by atoms with E-state index in [9.17, 15) is 9.59 Å². The molecule has 0 aromatic carbocycles. The molecule has 2 N–H and O–H groups in total. The van der Waals surface area contributed by atoms with Crippen LogP contribution in [0.25, 0.3) is 0 Å². The third-order valence-corrected chi connectivity index (χ3v) is 3.34. The second-order valence-corrected chi connectivity index (χ2v) is 4.66. The van der Waals surface area contributed by atoms with Crippen LogP contribution in [0.1, 0.15) is 18.2 Å². The van der Waals surface area contributed by atoms with Crippen molar-refractivity contribution in [1.29, 1.82) is 0 Å². The van der Waals surface area contributed by atoms with E-state index in [-0.39, 0.29) is 12.0 Å². The standard InChI is InChI=1S/C11H14N4O4/c1-14-9-4-7(8-5-19-8)13-15(9)3-2-6(10(14)16)12-11(17)18/h4,6,8,12H,2-3,5H2,1H3,(H,17,18). The molecule has 2 aliphatic rings. The van der Waals surface area contributed by atoms with Crippen molar-refractivity contribution < 1.29 is 19.4 Å². The Morgan fingerprint density at radius 3 is 3.00 bits per heavy atom. The van der Waals surface area contributed by atoms with Gasteiger partial charge in [0.25, 0.3) is 5.91 Å². The molecule has 2 aliphatic heterocycles. The minimum absolute atomic E-state index is 0.0378. The number of hydrogen-bond donors (Lipinski definition) is 2. The Morgan fingerprint density at radius 1 is 1.63 bits per heavy atom. The molecule has 2 amide bonds. The molecular weight excluding hydrogens is 252 g/mol. The van der Waals surface area contributed by atoms with Crippen LogP contribution < -0.4 is 10.2 Å². The highest BCUT2D eigenvalue weighted by Crippen LogP contribution is 2.32. The quantitative estimate of drug-likeness (QED) is 0.731. The molecule has 0 bridgehead atoms. The summed E-state index contributed by atoms with van der Waals surface area (Å²) in [4.78, 5) is 24.3. The van der Waals surface area contributed by atoms with E-state index >= 15 is 0 Å². The summed E-state index contributed by atoms with van der Waals surface area (Å²) >= 11 is 0. The van der Waals surface area contributed by atoms with Crippen molar-refractivity contribution in [2.75, 3.05) is 18.6 Å². The minimum atomic E-state index is -1.20. The van der Waals surface area contributed by atoms with Crippen LogP contribution in [0.15, 0.2) is 6.07 Å². The van der Waals surface area contributed by atoms with Gasteiger partial charge in [-0.1, -0.05) is 0 Å². The van der Waals surface area contributed by atoms with Crippen molar-refractivity contribution in [3.63, 3.8) is 0 Å². The predicted octanol–water partition coefficient (Wildman–Crippen LogP) is -0.0429. The van der Waals surface area contributed by atoms with Gasteiger partial charge in [0.15, 0.2) is 0 Å². The summed E-state index contributed by atoms with van der Waals surface area (Å²) < 4.78 is 6.89. The third kappa shape index (κ3) is 2.14. The highest BCUT2D eigenvalue weighted by molar-refractivity contribution is 5.97. The molecule has 19 heavy (non-hydrogen) atoms. The zero-order chi connectivity index (χ0) is 13.6. The van der Waals surface area contributed by atoms with Gasteiger partial charge in [0, 0.05) is 19.7 Å². The highest BCUT2D eigenvalue weighted by Gasteiger charge is 2.34. The predicted molar refractivity (Wildman–Crippen MR) is 63.9 cm³/mol. The van der Waals surface area contributed by atoms with Gasteiger partial charge >= 0.3 is 6.09 Å². The van der Waals surface area contributed by atoms with E-state index in [2.05, 4.69) is 10.4 Å². The number of carbonyl (C=O) groups excluding carboxylic acids is 1. The van der Waals surface area contributed by atoms with Crippen LogP contribution in [0.3, 0.4) is 0 Å². The van der Waals surface area contributed by atoms with Crippen LogP contribution in [-0.2, 0) is 16.1 Å². The summed E-state index contributed by atoms with van der Waals surface area (Å²) in [7, 11) is 1.62. The molecule has 1 aromatic heterocycles. The van der Waals surface area contributed by atoms with Crippen LogP contribution in [0, 0.1) is 0 Å². The lowest BCUT2D eigenvalue weighted by Gasteiger charge is -2.19. The number of anilines is 1. The summed E-state index contributed by atoms with van der Waals surface area (Å²) in [6.07, 6.45) is -0.774. The fourth-order valence-electron chi connectivity index (χ4n) is 2.24. The van der Waals surface area contributed by atoms with Gasteiger partial charge in [0.1, 0.15) is 18.0 Å².